The molecule has 1 amide bonds. The van der Waals surface area contributed by atoms with Gasteiger partial charge in [-0.1, -0.05) is 30.3 Å². The minimum absolute atomic E-state index is 0.0492. The predicted molar refractivity (Wildman–Crippen MR) is 91.0 cm³/mol. The number of hydrogen-bond acceptors (Lipinski definition) is 3. The van der Waals surface area contributed by atoms with Crippen LogP contribution in [0.2, 0.25) is 0 Å². The third-order valence-electron chi connectivity index (χ3n) is 4.65. The number of rotatable bonds is 5. The van der Waals surface area contributed by atoms with E-state index in [0.717, 1.165) is 23.6 Å². The number of nitrogens with one attached hydrogen (secondary N) is 1. The molecule has 0 saturated carbocycles. The summed E-state index contributed by atoms with van der Waals surface area (Å²) in [5, 5.41) is 14.3. The van der Waals surface area contributed by atoms with Gasteiger partial charge in [-0.25, -0.2) is 0 Å². The number of hydrogen-bond donors (Lipinski definition) is 2. The van der Waals surface area contributed by atoms with Gasteiger partial charge in [0, 0.05) is 25.3 Å². The lowest BCUT2D eigenvalue weighted by molar-refractivity contribution is -0.144. The lowest BCUT2D eigenvalue weighted by Crippen LogP contribution is -2.38. The average molecular weight is 327 g/mol. The highest BCUT2D eigenvalue weighted by molar-refractivity contribution is 5.98. The first-order chi connectivity index (χ1) is 11.6. The monoisotopic (exact) mass is 327 g/mol. The summed E-state index contributed by atoms with van der Waals surface area (Å²) in [6.07, 6.45) is 1.45. The maximum absolute atomic E-state index is 12.4. The summed E-state index contributed by atoms with van der Waals surface area (Å²) in [6.45, 7) is 1.33. The Labute approximate surface area is 140 Å². The van der Waals surface area contributed by atoms with E-state index in [-0.39, 0.29) is 18.4 Å². The van der Waals surface area contributed by atoms with E-state index in [1.165, 1.54) is 0 Å². The van der Waals surface area contributed by atoms with Crippen LogP contribution in [0.15, 0.2) is 42.5 Å². The molecule has 2 aromatic rings. The van der Waals surface area contributed by atoms with Crippen LogP contribution in [0.5, 0.6) is 0 Å². The summed E-state index contributed by atoms with van der Waals surface area (Å²) >= 11 is 0. The van der Waals surface area contributed by atoms with Crippen molar-refractivity contribution in [2.75, 3.05) is 19.8 Å². The topological polar surface area (TPSA) is 75.6 Å². The molecule has 0 radical (unpaired) electrons. The van der Waals surface area contributed by atoms with Crippen LogP contribution in [-0.4, -0.2) is 36.7 Å². The first-order valence-corrected chi connectivity index (χ1v) is 8.22. The van der Waals surface area contributed by atoms with E-state index in [0.29, 0.717) is 18.8 Å². The van der Waals surface area contributed by atoms with Crippen molar-refractivity contribution in [2.45, 2.75) is 12.8 Å². The van der Waals surface area contributed by atoms with Crippen molar-refractivity contribution < 1.29 is 19.4 Å². The molecule has 1 aliphatic heterocycles. The van der Waals surface area contributed by atoms with Crippen LogP contribution in [0.4, 0.5) is 0 Å². The van der Waals surface area contributed by atoms with Crippen molar-refractivity contribution in [1.82, 2.24) is 5.32 Å². The van der Waals surface area contributed by atoms with Crippen molar-refractivity contribution in [2.24, 2.45) is 11.8 Å². The standard InChI is InChI=1S/C19H21NO4/c21-18(16-6-5-13-3-1-2-4-15(13)11-16)20-12-17(19(22)23)14-7-9-24-10-8-14/h1-6,11,14,17H,7-10,12H2,(H,20,21)(H,22,23). The average Bonchev–Trinajstić information content (AvgIpc) is 2.62. The molecule has 1 atom stereocenters. The molecule has 2 N–H and O–H groups in total. The highest BCUT2D eigenvalue weighted by atomic mass is 16.5. The number of aliphatic carboxylic acids is 1. The fraction of sp³-hybridized carbons (Fsp3) is 0.368. The molecule has 0 aliphatic carbocycles. The zero-order chi connectivity index (χ0) is 16.9. The van der Waals surface area contributed by atoms with Gasteiger partial charge in [0.1, 0.15) is 0 Å². The Hall–Kier alpha value is -2.40. The molecule has 126 valence electrons. The number of ether oxygens (including phenoxy) is 1. The van der Waals surface area contributed by atoms with Crippen molar-refractivity contribution in [3.05, 3.63) is 48.0 Å². The SMILES string of the molecule is O=C(NCC(C(=O)O)C1CCOCC1)c1ccc2ccccc2c1. The Morgan fingerprint density at radius 2 is 1.83 bits per heavy atom. The number of carboxylic acid groups (broad SMARTS) is 1. The van der Waals surface area contributed by atoms with Gasteiger partial charge in [-0.15, -0.1) is 0 Å². The smallest absolute Gasteiger partial charge is 0.308 e. The van der Waals surface area contributed by atoms with Gasteiger partial charge in [-0.05, 0) is 41.7 Å². The Morgan fingerprint density at radius 3 is 2.54 bits per heavy atom. The number of carbonyl (C=O) groups is 2. The maximum atomic E-state index is 12.4. The number of fused-ring (bicyclic) bond motifs is 1. The Morgan fingerprint density at radius 1 is 1.12 bits per heavy atom. The van der Waals surface area contributed by atoms with Crippen LogP contribution in [0.1, 0.15) is 23.2 Å². The van der Waals surface area contributed by atoms with Crippen molar-refractivity contribution in [1.29, 1.82) is 0 Å². The van der Waals surface area contributed by atoms with Crippen LogP contribution < -0.4 is 5.32 Å². The van der Waals surface area contributed by atoms with Gasteiger partial charge in [0.2, 0.25) is 0 Å². The molecule has 1 aliphatic rings. The predicted octanol–water partition coefficient (Wildman–Crippen LogP) is 2.70. The number of carbonyl (C=O) groups excluding carboxylic acids is 1. The first-order valence-electron chi connectivity index (χ1n) is 8.22. The lowest BCUT2D eigenvalue weighted by atomic mass is 9.86. The second-order valence-electron chi connectivity index (χ2n) is 6.17. The van der Waals surface area contributed by atoms with Crippen LogP contribution in [0.25, 0.3) is 10.8 Å². The van der Waals surface area contributed by atoms with E-state index < -0.39 is 11.9 Å². The summed E-state index contributed by atoms with van der Waals surface area (Å²) in [5.74, 6) is -1.62. The summed E-state index contributed by atoms with van der Waals surface area (Å²) in [6, 6.07) is 13.3. The van der Waals surface area contributed by atoms with Gasteiger partial charge in [0.15, 0.2) is 0 Å². The third-order valence-corrected chi connectivity index (χ3v) is 4.65. The third kappa shape index (κ3) is 3.74. The molecule has 2 aromatic carbocycles. The fourth-order valence-corrected chi connectivity index (χ4v) is 3.21. The lowest BCUT2D eigenvalue weighted by Gasteiger charge is -2.27. The molecule has 24 heavy (non-hydrogen) atoms. The van der Waals surface area contributed by atoms with Crippen LogP contribution >= 0.6 is 0 Å². The van der Waals surface area contributed by atoms with E-state index in [2.05, 4.69) is 5.32 Å². The zero-order valence-electron chi connectivity index (χ0n) is 13.4. The van der Waals surface area contributed by atoms with Crippen LogP contribution in [-0.2, 0) is 9.53 Å². The second-order valence-corrected chi connectivity index (χ2v) is 6.17. The summed E-state index contributed by atoms with van der Waals surface area (Å²) in [7, 11) is 0. The Balaban J connectivity index is 1.67. The number of carboxylic acids is 1. The molecule has 1 heterocycles. The molecule has 1 fully saturated rings. The van der Waals surface area contributed by atoms with Gasteiger partial charge in [-0.3, -0.25) is 9.59 Å². The molecule has 0 spiro atoms. The Bertz CT molecular complexity index is 737. The molecule has 1 unspecified atom stereocenters. The minimum Gasteiger partial charge on any atom is -0.481 e. The van der Waals surface area contributed by atoms with Crippen LogP contribution in [0, 0.1) is 11.8 Å². The van der Waals surface area contributed by atoms with E-state index in [1.807, 2.05) is 36.4 Å². The molecule has 3 rings (SSSR count). The zero-order valence-corrected chi connectivity index (χ0v) is 13.4. The summed E-state index contributed by atoms with van der Waals surface area (Å²) < 4.78 is 5.29. The quantitative estimate of drug-likeness (QED) is 0.885. The minimum atomic E-state index is -0.860. The van der Waals surface area contributed by atoms with E-state index in [1.54, 1.807) is 6.07 Å². The second kappa shape index (κ2) is 7.45. The van der Waals surface area contributed by atoms with E-state index in [9.17, 15) is 14.7 Å². The van der Waals surface area contributed by atoms with Gasteiger partial charge in [-0.2, -0.15) is 0 Å². The van der Waals surface area contributed by atoms with E-state index in [4.69, 9.17) is 4.74 Å². The number of benzene rings is 2. The van der Waals surface area contributed by atoms with Crippen molar-refractivity contribution in [3.8, 4) is 0 Å². The number of amides is 1. The molecule has 5 nitrogen and oxygen atoms in total. The molecule has 1 saturated heterocycles. The van der Waals surface area contributed by atoms with E-state index >= 15 is 0 Å². The molecule has 0 aromatic heterocycles. The molecule has 0 bridgehead atoms. The molecular formula is C19H21NO4. The maximum Gasteiger partial charge on any atom is 0.308 e. The summed E-state index contributed by atoms with van der Waals surface area (Å²) in [4.78, 5) is 23.9. The van der Waals surface area contributed by atoms with Gasteiger partial charge in [0.25, 0.3) is 5.91 Å². The van der Waals surface area contributed by atoms with Crippen molar-refractivity contribution in [3.63, 3.8) is 0 Å². The largest absolute Gasteiger partial charge is 0.481 e. The summed E-state index contributed by atoms with van der Waals surface area (Å²) in [5.41, 5.74) is 0.546. The fourth-order valence-electron chi connectivity index (χ4n) is 3.21. The highest BCUT2D eigenvalue weighted by Crippen LogP contribution is 2.24. The van der Waals surface area contributed by atoms with Crippen molar-refractivity contribution >= 4 is 22.6 Å². The first kappa shape index (κ1) is 16.5. The molecule has 5 heteroatoms. The van der Waals surface area contributed by atoms with Crippen LogP contribution in [0.3, 0.4) is 0 Å². The Kier molecular flexibility index (Phi) is 5.11. The van der Waals surface area contributed by atoms with Gasteiger partial charge >= 0.3 is 5.97 Å². The van der Waals surface area contributed by atoms with Gasteiger partial charge in [0.05, 0.1) is 5.92 Å². The normalized spacial score (nSPS) is 16.7. The molecular weight excluding hydrogens is 306 g/mol. The highest BCUT2D eigenvalue weighted by Gasteiger charge is 2.30. The van der Waals surface area contributed by atoms with Gasteiger partial charge < -0.3 is 15.2 Å².